The van der Waals surface area contributed by atoms with Crippen LogP contribution in [0.1, 0.15) is 30.7 Å². The molecule has 0 bridgehead atoms. The zero-order valence-electron chi connectivity index (χ0n) is 14.8. The molecule has 0 spiro atoms. The first-order valence-electron chi connectivity index (χ1n) is 8.23. The maximum Gasteiger partial charge on any atom is 0.243 e. The molecule has 7 heteroatoms. The molecule has 1 heterocycles. The number of rotatable bonds is 8. The molecule has 3 N–H and O–H groups in total. The van der Waals surface area contributed by atoms with E-state index in [1.54, 1.807) is 12.3 Å². The Labute approximate surface area is 151 Å². The highest BCUT2D eigenvalue weighted by molar-refractivity contribution is 5.91. The van der Waals surface area contributed by atoms with Gasteiger partial charge in [-0.05, 0) is 30.2 Å². The Bertz CT molecular complexity index is 797. The molecule has 7 nitrogen and oxygen atoms in total. The van der Waals surface area contributed by atoms with Crippen molar-refractivity contribution in [2.75, 3.05) is 0 Å². The average molecular weight is 354 g/mol. The molecular weight excluding hydrogens is 332 g/mol. The molecule has 2 amide bonds. The minimum atomic E-state index is -0.686. The second-order valence-electron chi connectivity index (χ2n) is 5.94. The van der Waals surface area contributed by atoms with E-state index in [-0.39, 0.29) is 17.6 Å². The average Bonchev–Trinajstić information content (AvgIpc) is 3.10. The normalized spacial score (nSPS) is 11.9. The van der Waals surface area contributed by atoms with Crippen molar-refractivity contribution in [3.8, 4) is 0 Å². The molecule has 136 valence electrons. The molecule has 0 aliphatic rings. The summed E-state index contributed by atoms with van der Waals surface area (Å²) < 4.78 is 0. The van der Waals surface area contributed by atoms with Crippen LogP contribution < -0.4 is 10.6 Å². The van der Waals surface area contributed by atoms with Gasteiger partial charge < -0.3 is 15.6 Å². The first-order valence-corrected chi connectivity index (χ1v) is 8.23. The van der Waals surface area contributed by atoms with Crippen LogP contribution in [0.15, 0.2) is 42.9 Å². The first kappa shape index (κ1) is 19.1. The molecule has 2 rings (SSSR count). The third-order valence-corrected chi connectivity index (χ3v) is 3.60. The van der Waals surface area contributed by atoms with Crippen LogP contribution in [-0.4, -0.2) is 33.6 Å². The van der Waals surface area contributed by atoms with E-state index in [1.165, 1.54) is 26.3 Å². The summed E-state index contributed by atoms with van der Waals surface area (Å²) in [7, 11) is 0. The summed E-state index contributed by atoms with van der Waals surface area (Å²) in [6.45, 7) is 3.18. The lowest BCUT2D eigenvalue weighted by Gasteiger charge is -2.17. The van der Waals surface area contributed by atoms with Crippen LogP contribution in [-0.2, 0) is 27.3 Å². The number of amides is 2. The fourth-order valence-electron chi connectivity index (χ4n) is 2.40. The largest absolute Gasteiger partial charge is 0.350 e. The van der Waals surface area contributed by atoms with E-state index in [0.717, 1.165) is 16.8 Å². The predicted molar refractivity (Wildman–Crippen MR) is 97.9 cm³/mol. The number of imidazole rings is 1. The van der Waals surface area contributed by atoms with Gasteiger partial charge in [-0.2, -0.15) is 0 Å². The Kier molecular flexibility index (Phi) is 6.84. The minimum absolute atomic E-state index is 0.0272. The van der Waals surface area contributed by atoms with Crippen molar-refractivity contribution in [2.24, 2.45) is 0 Å². The lowest BCUT2D eigenvalue weighted by atomic mass is 10.1. The van der Waals surface area contributed by atoms with Crippen molar-refractivity contribution in [1.29, 1.82) is 0 Å². The maximum absolute atomic E-state index is 12.5. The van der Waals surface area contributed by atoms with E-state index >= 15 is 0 Å². The quantitative estimate of drug-likeness (QED) is 0.623. The number of hydrogen-bond donors (Lipinski definition) is 3. The molecule has 1 aromatic carbocycles. The van der Waals surface area contributed by atoms with E-state index in [4.69, 9.17) is 0 Å². The molecular formula is C19H22N4O3. The Morgan fingerprint density at radius 3 is 2.73 bits per heavy atom. The van der Waals surface area contributed by atoms with E-state index in [9.17, 15) is 14.4 Å². The summed E-state index contributed by atoms with van der Waals surface area (Å²) in [6.07, 6.45) is 6.69. The van der Waals surface area contributed by atoms with Crippen molar-refractivity contribution in [1.82, 2.24) is 20.6 Å². The number of allylic oxidation sites excluding steroid dienone is 1. The van der Waals surface area contributed by atoms with Gasteiger partial charge in [0, 0.05) is 31.8 Å². The molecule has 0 radical (unpaired) electrons. The van der Waals surface area contributed by atoms with Gasteiger partial charge in [0.1, 0.15) is 6.04 Å². The van der Waals surface area contributed by atoms with Crippen molar-refractivity contribution in [2.45, 2.75) is 32.9 Å². The third kappa shape index (κ3) is 6.35. The van der Waals surface area contributed by atoms with Crippen molar-refractivity contribution < 1.29 is 14.4 Å². The van der Waals surface area contributed by atoms with Crippen LogP contribution in [0.5, 0.6) is 0 Å². The number of hydrogen-bond acceptors (Lipinski definition) is 4. The summed E-state index contributed by atoms with van der Waals surface area (Å²) in [5.74, 6) is -0.582. The van der Waals surface area contributed by atoms with Crippen LogP contribution in [0, 0.1) is 0 Å². The van der Waals surface area contributed by atoms with Gasteiger partial charge in [-0.1, -0.05) is 24.3 Å². The fraction of sp³-hybridized carbons (Fsp3) is 0.263. The Morgan fingerprint density at radius 2 is 2.08 bits per heavy atom. The first-order chi connectivity index (χ1) is 12.4. The number of H-pyrrole nitrogens is 1. The molecule has 26 heavy (non-hydrogen) atoms. The van der Waals surface area contributed by atoms with Gasteiger partial charge in [0.15, 0.2) is 5.78 Å². The molecule has 0 aliphatic carbocycles. The Morgan fingerprint density at radius 1 is 1.27 bits per heavy atom. The maximum atomic E-state index is 12.5. The van der Waals surface area contributed by atoms with Gasteiger partial charge in [0.25, 0.3) is 0 Å². The van der Waals surface area contributed by atoms with E-state index in [2.05, 4.69) is 20.6 Å². The number of ketones is 1. The summed E-state index contributed by atoms with van der Waals surface area (Å²) in [6, 6.07) is 6.82. The number of nitrogens with one attached hydrogen (secondary N) is 3. The number of carbonyl (C=O) groups excluding carboxylic acids is 3. The Balaban J connectivity index is 1.99. The SMILES string of the molecule is CC(=O)/C=C/c1cccc(CNC(=O)[C@H](Cc2cnc[nH]2)NC(C)=O)c1. The standard InChI is InChI=1S/C19H22N4O3/c1-13(24)6-7-15-4-3-5-16(8-15)10-21-19(26)18(23-14(2)25)9-17-11-20-12-22-17/h3-8,11-12,18H,9-10H2,1-2H3,(H,20,22)(H,21,26)(H,23,25)/b7-6+/t18-/m0/s1. The highest BCUT2D eigenvalue weighted by atomic mass is 16.2. The van der Waals surface area contributed by atoms with Crippen LogP contribution in [0.3, 0.4) is 0 Å². The topological polar surface area (TPSA) is 104 Å². The summed E-state index contributed by atoms with van der Waals surface area (Å²) >= 11 is 0. The van der Waals surface area contributed by atoms with Crippen LogP contribution in [0.2, 0.25) is 0 Å². The molecule has 2 aromatic rings. The lowest BCUT2D eigenvalue weighted by molar-refractivity contribution is -0.128. The molecule has 1 aromatic heterocycles. The van der Waals surface area contributed by atoms with Crippen molar-refractivity contribution >= 4 is 23.7 Å². The Hall–Kier alpha value is -3.22. The summed E-state index contributed by atoms with van der Waals surface area (Å²) in [5.41, 5.74) is 2.53. The molecule has 0 fully saturated rings. The predicted octanol–water partition coefficient (Wildman–Crippen LogP) is 1.38. The van der Waals surface area contributed by atoms with Crippen LogP contribution >= 0.6 is 0 Å². The van der Waals surface area contributed by atoms with E-state index in [1.807, 2.05) is 24.3 Å². The number of aromatic amines is 1. The second kappa shape index (κ2) is 9.31. The molecule has 0 unspecified atom stereocenters. The number of carbonyl (C=O) groups is 3. The molecule has 1 atom stereocenters. The third-order valence-electron chi connectivity index (χ3n) is 3.60. The smallest absolute Gasteiger partial charge is 0.243 e. The molecule has 0 aliphatic heterocycles. The number of aromatic nitrogens is 2. The van der Waals surface area contributed by atoms with Gasteiger partial charge in [-0.25, -0.2) is 4.98 Å². The number of benzene rings is 1. The molecule has 0 saturated heterocycles. The van der Waals surface area contributed by atoms with Gasteiger partial charge >= 0.3 is 0 Å². The monoisotopic (exact) mass is 354 g/mol. The highest BCUT2D eigenvalue weighted by Gasteiger charge is 2.20. The number of nitrogens with zero attached hydrogens (tertiary/aromatic N) is 1. The van der Waals surface area contributed by atoms with Crippen LogP contribution in [0.25, 0.3) is 6.08 Å². The van der Waals surface area contributed by atoms with Gasteiger partial charge in [0.2, 0.25) is 11.8 Å². The van der Waals surface area contributed by atoms with Crippen molar-refractivity contribution in [3.63, 3.8) is 0 Å². The second-order valence-corrected chi connectivity index (χ2v) is 5.94. The summed E-state index contributed by atoms with van der Waals surface area (Å²) in [4.78, 5) is 41.7. The van der Waals surface area contributed by atoms with Gasteiger partial charge in [-0.15, -0.1) is 0 Å². The van der Waals surface area contributed by atoms with E-state index < -0.39 is 6.04 Å². The highest BCUT2D eigenvalue weighted by Crippen LogP contribution is 2.08. The minimum Gasteiger partial charge on any atom is -0.350 e. The summed E-state index contributed by atoms with van der Waals surface area (Å²) in [5, 5.41) is 5.48. The van der Waals surface area contributed by atoms with E-state index in [0.29, 0.717) is 13.0 Å². The van der Waals surface area contributed by atoms with Crippen molar-refractivity contribution in [3.05, 3.63) is 59.7 Å². The lowest BCUT2D eigenvalue weighted by Crippen LogP contribution is -2.47. The zero-order valence-corrected chi connectivity index (χ0v) is 14.8. The van der Waals surface area contributed by atoms with Gasteiger partial charge in [-0.3, -0.25) is 14.4 Å². The fourth-order valence-corrected chi connectivity index (χ4v) is 2.40. The zero-order chi connectivity index (χ0) is 18.9. The van der Waals surface area contributed by atoms with Crippen LogP contribution in [0.4, 0.5) is 0 Å². The molecule has 0 saturated carbocycles. The van der Waals surface area contributed by atoms with Gasteiger partial charge in [0.05, 0.1) is 6.33 Å².